The Kier molecular flexibility index (Phi) is 5.59. The van der Waals surface area contributed by atoms with Crippen LogP contribution in [0.2, 0.25) is 0 Å². The summed E-state index contributed by atoms with van der Waals surface area (Å²) >= 11 is 0.740. The van der Waals surface area contributed by atoms with Gasteiger partial charge in [-0.1, -0.05) is 0 Å². The van der Waals surface area contributed by atoms with E-state index < -0.39 is 17.0 Å². The van der Waals surface area contributed by atoms with Crippen LogP contribution in [-0.4, -0.2) is 38.4 Å². The molecule has 4 rings (SSSR count). The minimum atomic E-state index is -0.534. The third-order valence-electron chi connectivity index (χ3n) is 4.90. The summed E-state index contributed by atoms with van der Waals surface area (Å²) in [6.07, 6.45) is 7.58. The quantitative estimate of drug-likeness (QED) is 0.659. The van der Waals surface area contributed by atoms with Crippen molar-refractivity contribution in [2.45, 2.75) is 37.8 Å². The molecule has 0 unspecified atom stereocenters. The highest BCUT2D eigenvalue weighted by Crippen LogP contribution is 2.29. The van der Waals surface area contributed by atoms with E-state index in [9.17, 15) is 19.1 Å². The molecule has 1 aliphatic carbocycles. The van der Waals surface area contributed by atoms with Crippen molar-refractivity contribution in [1.29, 1.82) is 0 Å². The number of hydrogen-bond donors (Lipinski definition) is 3. The number of anilines is 1. The number of hydrogen-bond acceptors (Lipinski definition) is 7. The zero-order valence-corrected chi connectivity index (χ0v) is 16.2. The van der Waals surface area contributed by atoms with Crippen LogP contribution in [0.3, 0.4) is 0 Å². The number of nitrogens with one attached hydrogen (secondary N) is 2. The van der Waals surface area contributed by atoms with Crippen LogP contribution in [-0.2, 0) is 4.79 Å². The van der Waals surface area contributed by atoms with E-state index in [-0.39, 0.29) is 22.6 Å². The number of halogens is 1. The van der Waals surface area contributed by atoms with Crippen LogP contribution in [0.1, 0.15) is 31.2 Å². The van der Waals surface area contributed by atoms with Gasteiger partial charge in [0.1, 0.15) is 11.6 Å². The molecule has 2 heterocycles. The Hall–Kier alpha value is -2.78. The van der Waals surface area contributed by atoms with Crippen molar-refractivity contribution in [2.75, 3.05) is 5.32 Å². The molecule has 0 radical (unpaired) electrons. The molecule has 1 saturated carbocycles. The molecule has 1 aliphatic heterocycles. The molecular weight excluding hydrogens is 395 g/mol. The van der Waals surface area contributed by atoms with Crippen LogP contribution in [0.4, 0.5) is 15.0 Å². The Morgan fingerprint density at radius 3 is 2.72 bits per heavy atom. The summed E-state index contributed by atoms with van der Waals surface area (Å²) in [6, 6.07) is 4.69. The van der Waals surface area contributed by atoms with E-state index >= 15 is 0 Å². The van der Waals surface area contributed by atoms with Crippen molar-refractivity contribution in [3.05, 3.63) is 46.9 Å². The Morgan fingerprint density at radius 1 is 1.21 bits per heavy atom. The number of carbonyl (C=O) groups is 2. The molecule has 2 fully saturated rings. The minimum absolute atomic E-state index is 0.145. The molecule has 0 bridgehead atoms. The van der Waals surface area contributed by atoms with Gasteiger partial charge in [-0.25, -0.2) is 9.37 Å². The van der Waals surface area contributed by atoms with Crippen molar-refractivity contribution in [3.63, 3.8) is 0 Å². The average Bonchev–Trinajstić information content (AvgIpc) is 3.02. The Bertz CT molecular complexity index is 989. The van der Waals surface area contributed by atoms with E-state index in [1.54, 1.807) is 24.5 Å². The van der Waals surface area contributed by atoms with Crippen molar-refractivity contribution >= 4 is 34.8 Å². The number of amides is 2. The topological polar surface area (TPSA) is 104 Å². The maximum absolute atomic E-state index is 14.2. The van der Waals surface area contributed by atoms with Gasteiger partial charge in [-0.3, -0.25) is 19.9 Å². The summed E-state index contributed by atoms with van der Waals surface area (Å²) in [5.41, 5.74) is 1.39. The normalized spacial score (nSPS) is 23.3. The smallest absolute Gasteiger partial charge is 0.290 e. The van der Waals surface area contributed by atoms with Crippen LogP contribution >= 0.6 is 11.8 Å². The molecule has 1 saturated heterocycles. The first kappa shape index (κ1) is 19.5. The first-order valence-electron chi connectivity index (χ1n) is 9.29. The summed E-state index contributed by atoms with van der Waals surface area (Å²) in [5.74, 6) is -0.421. The minimum Gasteiger partial charge on any atom is -0.393 e. The van der Waals surface area contributed by atoms with E-state index in [0.717, 1.165) is 37.4 Å². The standard InChI is InChI=1S/C20H19FN4O3S/c21-15-6-1-11(7-12(15)8-17-19(27)25-20(28)29-17)16-9-22-10-18(24-16)23-13-2-4-14(26)5-3-13/h1,6-10,13-14,26H,2-5H2,(H,23,24)(H,25,27,28)/b17-8-/t13-,14-. The van der Waals surface area contributed by atoms with Crippen LogP contribution < -0.4 is 10.6 Å². The van der Waals surface area contributed by atoms with E-state index in [2.05, 4.69) is 20.6 Å². The summed E-state index contributed by atoms with van der Waals surface area (Å²) < 4.78 is 14.2. The largest absolute Gasteiger partial charge is 0.393 e. The summed E-state index contributed by atoms with van der Waals surface area (Å²) in [7, 11) is 0. The van der Waals surface area contributed by atoms with Gasteiger partial charge in [0.25, 0.3) is 11.1 Å². The highest BCUT2D eigenvalue weighted by atomic mass is 32.2. The maximum atomic E-state index is 14.2. The van der Waals surface area contributed by atoms with E-state index in [1.165, 1.54) is 12.1 Å². The molecule has 1 aromatic heterocycles. The maximum Gasteiger partial charge on any atom is 0.290 e. The lowest BCUT2D eigenvalue weighted by Gasteiger charge is -2.26. The van der Waals surface area contributed by atoms with E-state index in [1.807, 2.05) is 0 Å². The number of aliphatic hydroxyl groups excluding tert-OH is 1. The number of aliphatic hydroxyl groups is 1. The molecule has 9 heteroatoms. The number of nitrogens with zero attached hydrogens (tertiary/aromatic N) is 2. The predicted molar refractivity (Wildman–Crippen MR) is 108 cm³/mol. The van der Waals surface area contributed by atoms with Crippen molar-refractivity contribution < 1.29 is 19.1 Å². The predicted octanol–water partition coefficient (Wildman–Crippen LogP) is 3.32. The lowest BCUT2D eigenvalue weighted by atomic mass is 9.93. The molecule has 1 aromatic carbocycles. The van der Waals surface area contributed by atoms with Crippen LogP contribution in [0, 0.1) is 5.82 Å². The van der Waals surface area contributed by atoms with Crippen molar-refractivity contribution in [3.8, 4) is 11.3 Å². The lowest BCUT2D eigenvalue weighted by molar-refractivity contribution is -0.115. The first-order chi connectivity index (χ1) is 14.0. The Morgan fingerprint density at radius 2 is 2.00 bits per heavy atom. The number of imide groups is 1. The van der Waals surface area contributed by atoms with Gasteiger partial charge < -0.3 is 10.4 Å². The highest BCUT2D eigenvalue weighted by molar-refractivity contribution is 8.18. The van der Waals surface area contributed by atoms with Crippen LogP contribution in [0.25, 0.3) is 17.3 Å². The van der Waals surface area contributed by atoms with Crippen molar-refractivity contribution in [2.24, 2.45) is 0 Å². The zero-order chi connectivity index (χ0) is 20.4. The molecule has 150 valence electrons. The molecule has 2 aliphatic rings. The van der Waals surface area contributed by atoms with Gasteiger partial charge in [-0.15, -0.1) is 0 Å². The summed E-state index contributed by atoms with van der Waals surface area (Å²) in [4.78, 5) is 32.0. The third kappa shape index (κ3) is 4.63. The van der Waals surface area contributed by atoms with E-state index in [4.69, 9.17) is 0 Å². The van der Waals surface area contributed by atoms with Gasteiger partial charge in [0, 0.05) is 17.2 Å². The Labute approximate surface area is 170 Å². The monoisotopic (exact) mass is 414 g/mol. The number of carbonyl (C=O) groups excluding carboxylic acids is 2. The van der Waals surface area contributed by atoms with Gasteiger partial charge in [0.2, 0.25) is 0 Å². The number of thioether (sulfide) groups is 1. The van der Waals surface area contributed by atoms with Crippen LogP contribution in [0.15, 0.2) is 35.5 Å². The number of aromatic nitrogens is 2. The molecule has 29 heavy (non-hydrogen) atoms. The highest BCUT2D eigenvalue weighted by Gasteiger charge is 2.25. The summed E-state index contributed by atoms with van der Waals surface area (Å²) in [6.45, 7) is 0. The molecule has 3 N–H and O–H groups in total. The molecule has 7 nitrogen and oxygen atoms in total. The zero-order valence-electron chi connectivity index (χ0n) is 15.4. The fourth-order valence-electron chi connectivity index (χ4n) is 3.38. The van der Waals surface area contributed by atoms with Crippen LogP contribution in [0.5, 0.6) is 0 Å². The fraction of sp³-hybridized carbons (Fsp3) is 0.300. The summed E-state index contributed by atoms with van der Waals surface area (Å²) in [5, 5.41) is 14.6. The molecule has 0 atom stereocenters. The molecule has 0 spiro atoms. The number of rotatable bonds is 4. The third-order valence-corrected chi connectivity index (χ3v) is 5.71. The second-order valence-corrected chi connectivity index (χ2v) is 8.04. The van der Waals surface area contributed by atoms with Gasteiger partial charge >= 0.3 is 0 Å². The lowest BCUT2D eigenvalue weighted by Crippen LogP contribution is -2.28. The molecule has 2 aromatic rings. The van der Waals surface area contributed by atoms with E-state index in [0.29, 0.717) is 17.1 Å². The SMILES string of the molecule is O=C1NC(=O)/C(=C/c2cc(-c3cncc(N[C@H]4CC[C@H](O)CC4)n3)ccc2F)S1. The number of benzene rings is 1. The van der Waals surface area contributed by atoms with Gasteiger partial charge in [0.15, 0.2) is 0 Å². The second-order valence-electron chi connectivity index (χ2n) is 7.03. The van der Waals surface area contributed by atoms with Gasteiger partial charge in [-0.2, -0.15) is 0 Å². The van der Waals surface area contributed by atoms with Gasteiger partial charge in [0.05, 0.1) is 29.1 Å². The average molecular weight is 414 g/mol. The fourth-order valence-corrected chi connectivity index (χ4v) is 4.05. The Balaban J connectivity index is 1.56. The second kappa shape index (κ2) is 8.30. The van der Waals surface area contributed by atoms with Gasteiger partial charge in [-0.05, 0) is 61.7 Å². The molecule has 2 amide bonds. The first-order valence-corrected chi connectivity index (χ1v) is 10.1. The molecular formula is C20H19FN4O3S. The van der Waals surface area contributed by atoms with Crippen molar-refractivity contribution in [1.82, 2.24) is 15.3 Å².